The first-order chi connectivity index (χ1) is 17.9. The Labute approximate surface area is 222 Å². The van der Waals surface area contributed by atoms with Crippen LogP contribution in [0.3, 0.4) is 0 Å². The molecule has 7 nitrogen and oxygen atoms in total. The molecule has 3 aromatic rings. The topological polar surface area (TPSA) is 81.6 Å². The molecule has 0 saturated carbocycles. The summed E-state index contributed by atoms with van der Waals surface area (Å²) in [6.45, 7) is 15.1. The number of hydrogen-bond donors (Lipinski definition) is 1. The highest BCUT2D eigenvalue weighted by molar-refractivity contribution is 7.97. The van der Waals surface area contributed by atoms with Gasteiger partial charge in [0.25, 0.3) is 0 Å². The number of ether oxygens (including phenoxy) is 2. The minimum Gasteiger partial charge on any atom is -0.491 e. The Bertz CT molecular complexity index is 1360. The fraction of sp³-hybridized carbons (Fsp3) is 0.448. The number of nitrogens with one attached hydrogen (secondary N) is 1. The molecule has 1 N–H and O–H groups in total. The molecule has 8 heteroatoms. The maximum absolute atomic E-state index is 14.0. The minimum atomic E-state index is -0.441. The molecule has 1 fully saturated rings. The van der Waals surface area contributed by atoms with Crippen molar-refractivity contribution in [2.45, 2.75) is 38.0 Å². The highest BCUT2D eigenvalue weighted by Gasteiger charge is 2.40. The summed E-state index contributed by atoms with van der Waals surface area (Å²) >= 11 is 1.65. The summed E-state index contributed by atoms with van der Waals surface area (Å²) in [5, 5.41) is 10.2. The number of carbonyl (C=O) groups excluding carboxylic acids is 1. The van der Waals surface area contributed by atoms with E-state index in [1.54, 1.807) is 18.0 Å². The van der Waals surface area contributed by atoms with Crippen molar-refractivity contribution >= 4 is 28.6 Å². The van der Waals surface area contributed by atoms with Crippen LogP contribution in [0.1, 0.15) is 60.4 Å². The number of carbonyl (C=O) groups is 1. The van der Waals surface area contributed by atoms with Gasteiger partial charge in [0.15, 0.2) is 5.78 Å². The molecule has 5 rings (SSSR count). The van der Waals surface area contributed by atoms with Gasteiger partial charge >= 0.3 is 0 Å². The van der Waals surface area contributed by atoms with Crippen LogP contribution in [0.5, 0.6) is 5.75 Å². The van der Waals surface area contributed by atoms with Crippen molar-refractivity contribution in [3.8, 4) is 11.8 Å². The molecule has 194 valence electrons. The predicted molar refractivity (Wildman–Crippen MR) is 147 cm³/mol. The van der Waals surface area contributed by atoms with Crippen LogP contribution >= 0.6 is 11.9 Å². The summed E-state index contributed by atoms with van der Waals surface area (Å²) in [6, 6.07) is 11.8. The van der Waals surface area contributed by atoms with E-state index in [-0.39, 0.29) is 5.78 Å². The lowest BCUT2D eigenvalue weighted by Gasteiger charge is -2.33. The molecule has 0 amide bonds. The largest absolute Gasteiger partial charge is 0.491 e. The van der Waals surface area contributed by atoms with Crippen LogP contribution in [0.15, 0.2) is 35.2 Å². The maximum Gasteiger partial charge on any atom is 0.195 e. The van der Waals surface area contributed by atoms with Gasteiger partial charge < -0.3 is 19.4 Å². The van der Waals surface area contributed by atoms with Gasteiger partial charge in [0, 0.05) is 47.2 Å². The quantitative estimate of drug-likeness (QED) is 0.422. The number of likely N-dealkylation sites (N-methyl/N-ethyl adjacent to an activating group) is 1. The number of aromatic nitrogens is 1. The van der Waals surface area contributed by atoms with Gasteiger partial charge in [-0.05, 0) is 54.9 Å². The third kappa shape index (κ3) is 4.77. The molecule has 1 aliphatic heterocycles. The maximum atomic E-state index is 14.0. The highest BCUT2D eigenvalue weighted by atomic mass is 32.2. The van der Waals surface area contributed by atoms with Crippen molar-refractivity contribution in [1.29, 1.82) is 5.26 Å². The van der Waals surface area contributed by atoms with Crippen LogP contribution in [0.25, 0.3) is 10.9 Å². The molecule has 2 aliphatic rings. The van der Waals surface area contributed by atoms with Crippen LogP contribution in [-0.4, -0.2) is 72.5 Å². The summed E-state index contributed by atoms with van der Waals surface area (Å²) < 4.78 is 14.2. The zero-order chi connectivity index (χ0) is 26.2. The molecule has 1 aromatic heterocycles. The first-order valence-corrected chi connectivity index (χ1v) is 13.8. The number of morpholine rings is 1. The molecule has 0 atom stereocenters. The second kappa shape index (κ2) is 10.5. The van der Waals surface area contributed by atoms with Gasteiger partial charge in [-0.1, -0.05) is 33.8 Å². The Morgan fingerprint density at radius 1 is 1.19 bits per heavy atom. The van der Waals surface area contributed by atoms with Gasteiger partial charge in [-0.2, -0.15) is 5.26 Å². The molecule has 0 bridgehead atoms. The lowest BCUT2D eigenvalue weighted by molar-refractivity contribution is 0.0772. The lowest BCUT2D eigenvalue weighted by atomic mass is 9.71. The summed E-state index contributed by atoms with van der Waals surface area (Å²) in [5.41, 5.74) is 4.21. The normalized spacial score (nSPS) is 17.0. The smallest absolute Gasteiger partial charge is 0.195 e. The zero-order valence-electron chi connectivity index (χ0n) is 22.0. The number of nitrogens with zero attached hydrogens (tertiary/aromatic N) is 3. The van der Waals surface area contributed by atoms with Crippen molar-refractivity contribution in [3.05, 3.63) is 58.3 Å². The summed E-state index contributed by atoms with van der Waals surface area (Å²) in [7, 11) is 0. The molecule has 1 saturated heterocycles. The summed E-state index contributed by atoms with van der Waals surface area (Å²) in [6.07, 6.45) is 0. The fourth-order valence-electron chi connectivity index (χ4n) is 5.29. The number of hydrogen-bond acceptors (Lipinski definition) is 7. The molecule has 0 unspecified atom stereocenters. The average Bonchev–Trinajstić information content (AvgIpc) is 3.31. The molecule has 2 aromatic carbocycles. The van der Waals surface area contributed by atoms with Gasteiger partial charge in [-0.3, -0.25) is 4.79 Å². The Morgan fingerprint density at radius 2 is 1.95 bits per heavy atom. The van der Waals surface area contributed by atoms with E-state index in [2.05, 4.69) is 54.0 Å². The third-order valence-corrected chi connectivity index (χ3v) is 8.68. The van der Waals surface area contributed by atoms with Crippen molar-refractivity contribution in [2.75, 3.05) is 52.5 Å². The van der Waals surface area contributed by atoms with Gasteiger partial charge in [0.05, 0.1) is 35.3 Å². The van der Waals surface area contributed by atoms with E-state index < -0.39 is 5.41 Å². The second-order valence-corrected chi connectivity index (χ2v) is 11.2. The monoisotopic (exact) mass is 518 g/mol. The van der Waals surface area contributed by atoms with E-state index in [4.69, 9.17) is 9.47 Å². The summed E-state index contributed by atoms with van der Waals surface area (Å²) in [5.74, 6) is 0.827. The minimum absolute atomic E-state index is 0.0128. The third-order valence-electron chi connectivity index (χ3n) is 7.54. The van der Waals surface area contributed by atoms with E-state index in [0.29, 0.717) is 30.9 Å². The van der Waals surface area contributed by atoms with Crippen molar-refractivity contribution < 1.29 is 14.3 Å². The Hall–Kier alpha value is -2.83. The predicted octanol–water partition coefficient (Wildman–Crippen LogP) is 4.97. The van der Waals surface area contributed by atoms with Crippen LogP contribution < -0.4 is 4.74 Å². The standard InChI is InChI=1S/C29H34N4O3S/c1-5-32(6-2)9-14-36-24-17-22-21(16-25(24)37-33-10-12-35-13-11-33)27(34)26-20-8-7-19(18-30)15-23(20)31-28(26)29(22,3)4/h7-8,15-17,31H,5-6,9-14H2,1-4H3. The van der Waals surface area contributed by atoms with E-state index in [1.807, 2.05) is 18.2 Å². The van der Waals surface area contributed by atoms with Crippen LogP contribution in [0.4, 0.5) is 0 Å². The number of H-pyrrole nitrogens is 1. The first-order valence-electron chi connectivity index (χ1n) is 13.0. The number of benzene rings is 2. The number of aromatic amines is 1. The van der Waals surface area contributed by atoms with Gasteiger partial charge in [0.2, 0.25) is 0 Å². The molecular formula is C29H34N4O3S. The van der Waals surface area contributed by atoms with Gasteiger partial charge in [0.1, 0.15) is 12.4 Å². The van der Waals surface area contributed by atoms with Crippen LogP contribution in [0, 0.1) is 11.3 Å². The van der Waals surface area contributed by atoms with Crippen molar-refractivity contribution in [3.63, 3.8) is 0 Å². The van der Waals surface area contributed by atoms with E-state index in [1.165, 1.54) is 0 Å². The second-order valence-electron chi connectivity index (χ2n) is 10.1. The van der Waals surface area contributed by atoms with Crippen LogP contribution in [-0.2, 0) is 10.2 Å². The lowest BCUT2D eigenvalue weighted by Crippen LogP contribution is -2.32. The zero-order valence-corrected chi connectivity index (χ0v) is 22.8. The van der Waals surface area contributed by atoms with Gasteiger partial charge in [-0.15, -0.1) is 0 Å². The number of rotatable bonds is 8. The molecule has 37 heavy (non-hydrogen) atoms. The average molecular weight is 519 g/mol. The van der Waals surface area contributed by atoms with E-state index in [9.17, 15) is 10.1 Å². The number of nitriles is 1. The Morgan fingerprint density at radius 3 is 2.65 bits per heavy atom. The molecule has 1 aliphatic carbocycles. The molecule has 0 spiro atoms. The molecular weight excluding hydrogens is 484 g/mol. The number of fused-ring (bicyclic) bond motifs is 4. The van der Waals surface area contributed by atoms with Gasteiger partial charge in [-0.25, -0.2) is 4.31 Å². The molecule has 2 heterocycles. The summed E-state index contributed by atoms with van der Waals surface area (Å²) in [4.78, 5) is 20.8. The first kappa shape index (κ1) is 25.8. The van der Waals surface area contributed by atoms with Crippen LogP contribution in [0.2, 0.25) is 0 Å². The number of ketones is 1. The van der Waals surface area contributed by atoms with Crippen molar-refractivity contribution in [2.24, 2.45) is 0 Å². The molecule has 0 radical (unpaired) electrons. The Balaban J connectivity index is 1.57. The highest BCUT2D eigenvalue weighted by Crippen LogP contribution is 2.47. The van der Waals surface area contributed by atoms with Crippen molar-refractivity contribution in [1.82, 2.24) is 14.2 Å². The van der Waals surface area contributed by atoms with E-state index >= 15 is 0 Å². The Kier molecular flexibility index (Phi) is 7.32. The SMILES string of the molecule is CCN(CC)CCOc1cc2c(cc1SN1CCOCC1)C(=O)c1c([nH]c3cc(C#N)ccc13)C2(C)C. The van der Waals surface area contributed by atoms with E-state index in [0.717, 1.165) is 71.1 Å². The fourth-order valence-corrected chi connectivity index (χ4v) is 6.28.